The van der Waals surface area contributed by atoms with E-state index in [9.17, 15) is 0 Å². The van der Waals surface area contributed by atoms with Gasteiger partial charge < -0.3 is 10.2 Å². The number of aliphatic hydroxyl groups excluding tert-OH is 2. The van der Waals surface area contributed by atoms with Crippen molar-refractivity contribution in [2.75, 3.05) is 12.4 Å². The lowest BCUT2D eigenvalue weighted by Gasteiger charge is -2.06. The number of hydrogen-bond donors (Lipinski definition) is 2. The highest BCUT2D eigenvalue weighted by molar-refractivity contribution is 14.1. The summed E-state index contributed by atoms with van der Waals surface area (Å²) in [6, 6.07) is 8.30. The van der Waals surface area contributed by atoms with Gasteiger partial charge in [-0.1, -0.05) is 12.1 Å². The third-order valence-corrected chi connectivity index (χ3v) is 3.58. The molecule has 2 nitrogen and oxygen atoms in total. The molecule has 0 amide bonds. The zero-order valence-electron chi connectivity index (χ0n) is 7.69. The molecule has 0 radical (unpaired) electrons. The van der Waals surface area contributed by atoms with Crippen molar-refractivity contribution in [2.45, 2.75) is 11.9 Å². The summed E-state index contributed by atoms with van der Waals surface area (Å²) >= 11 is 3.90. The monoisotopic (exact) mass is 324 g/mol. The van der Waals surface area contributed by atoms with Crippen LogP contribution in [-0.4, -0.2) is 28.7 Å². The highest BCUT2D eigenvalue weighted by Crippen LogP contribution is 2.14. The average Bonchev–Trinajstić information content (AvgIpc) is 2.21. The number of rotatable bonds is 5. The van der Waals surface area contributed by atoms with Crippen LogP contribution in [0.5, 0.6) is 0 Å². The van der Waals surface area contributed by atoms with Gasteiger partial charge in [0.1, 0.15) is 0 Å². The maximum atomic E-state index is 9.11. The molecule has 2 N–H and O–H groups in total. The van der Waals surface area contributed by atoms with Gasteiger partial charge in [-0.05, 0) is 40.3 Å². The number of aliphatic hydroxyl groups is 2. The fourth-order valence-electron chi connectivity index (χ4n) is 0.946. The Balaban J connectivity index is 2.28. The molecule has 1 aromatic carbocycles. The smallest absolute Gasteiger partial charge is 0.0861 e. The van der Waals surface area contributed by atoms with E-state index in [1.54, 1.807) is 11.8 Å². The lowest BCUT2D eigenvalue weighted by molar-refractivity contribution is 0.113. The van der Waals surface area contributed by atoms with Gasteiger partial charge in [-0.3, -0.25) is 0 Å². The summed E-state index contributed by atoms with van der Waals surface area (Å²) in [4.78, 5) is 0. The Labute approximate surface area is 102 Å². The third kappa shape index (κ3) is 4.63. The molecule has 0 aliphatic rings. The van der Waals surface area contributed by atoms with Crippen molar-refractivity contribution in [2.24, 2.45) is 0 Å². The molecule has 0 heterocycles. The topological polar surface area (TPSA) is 40.5 Å². The van der Waals surface area contributed by atoms with Crippen LogP contribution in [0, 0.1) is 3.57 Å². The molecule has 0 saturated carbocycles. The average molecular weight is 324 g/mol. The van der Waals surface area contributed by atoms with E-state index in [4.69, 9.17) is 10.2 Å². The second kappa shape index (κ2) is 6.66. The molecule has 0 bridgehead atoms. The fraction of sp³-hybridized carbons (Fsp3) is 0.400. The van der Waals surface area contributed by atoms with E-state index >= 15 is 0 Å². The molecule has 14 heavy (non-hydrogen) atoms. The Morgan fingerprint density at radius 1 is 1.29 bits per heavy atom. The minimum absolute atomic E-state index is 0.153. The molecule has 0 aliphatic heterocycles. The molecule has 1 rings (SSSR count). The van der Waals surface area contributed by atoms with E-state index in [1.807, 2.05) is 0 Å². The summed E-state index contributed by atoms with van der Waals surface area (Å²) in [5.41, 5.74) is 1.25. The molecule has 1 aromatic rings. The van der Waals surface area contributed by atoms with Gasteiger partial charge in [0.2, 0.25) is 0 Å². The molecule has 1 unspecified atom stereocenters. The van der Waals surface area contributed by atoms with Gasteiger partial charge in [-0.25, -0.2) is 0 Å². The minimum Gasteiger partial charge on any atom is -0.394 e. The van der Waals surface area contributed by atoms with Crippen LogP contribution in [0.25, 0.3) is 0 Å². The first-order valence-corrected chi connectivity index (χ1v) is 6.57. The molecule has 0 saturated heterocycles. The van der Waals surface area contributed by atoms with Gasteiger partial charge >= 0.3 is 0 Å². The lowest BCUT2D eigenvalue weighted by atomic mass is 10.2. The van der Waals surface area contributed by atoms with Crippen molar-refractivity contribution in [1.82, 2.24) is 0 Å². The van der Waals surface area contributed by atoms with E-state index in [0.717, 1.165) is 5.75 Å². The SMILES string of the molecule is OCC(O)CSCc1ccc(I)cc1. The fourth-order valence-corrected chi connectivity index (χ4v) is 2.23. The molecule has 78 valence electrons. The summed E-state index contributed by atoms with van der Waals surface area (Å²) in [6.07, 6.45) is -0.594. The zero-order chi connectivity index (χ0) is 10.4. The van der Waals surface area contributed by atoms with Gasteiger partial charge in [0, 0.05) is 15.1 Å². The quantitative estimate of drug-likeness (QED) is 0.813. The van der Waals surface area contributed by atoms with Crippen LogP contribution in [0.3, 0.4) is 0 Å². The number of hydrogen-bond acceptors (Lipinski definition) is 3. The van der Waals surface area contributed by atoms with E-state index in [0.29, 0.717) is 5.75 Å². The largest absolute Gasteiger partial charge is 0.394 e. The summed E-state index contributed by atoms with van der Waals surface area (Å²) in [6.45, 7) is -0.153. The van der Waals surface area contributed by atoms with Crippen molar-refractivity contribution in [1.29, 1.82) is 0 Å². The Kier molecular flexibility index (Phi) is 5.84. The van der Waals surface area contributed by atoms with Crippen molar-refractivity contribution in [3.63, 3.8) is 0 Å². The van der Waals surface area contributed by atoms with Gasteiger partial charge in [-0.2, -0.15) is 11.8 Å². The highest BCUT2D eigenvalue weighted by Gasteiger charge is 2.01. The van der Waals surface area contributed by atoms with Crippen LogP contribution >= 0.6 is 34.4 Å². The Morgan fingerprint density at radius 2 is 1.93 bits per heavy atom. The van der Waals surface area contributed by atoms with Crippen LogP contribution in [0.1, 0.15) is 5.56 Å². The van der Waals surface area contributed by atoms with Crippen LogP contribution in [0.15, 0.2) is 24.3 Å². The van der Waals surface area contributed by atoms with Gasteiger partial charge in [0.15, 0.2) is 0 Å². The molecular formula is C10H13IO2S. The standard InChI is InChI=1S/C10H13IO2S/c11-9-3-1-8(2-4-9)6-14-7-10(13)5-12/h1-4,10,12-13H,5-7H2. The second-order valence-corrected chi connectivity index (χ2v) is 5.25. The third-order valence-electron chi connectivity index (χ3n) is 1.70. The first-order valence-electron chi connectivity index (χ1n) is 4.33. The molecule has 1 atom stereocenters. The maximum absolute atomic E-state index is 9.11. The van der Waals surface area contributed by atoms with Crippen LogP contribution in [0.2, 0.25) is 0 Å². The van der Waals surface area contributed by atoms with Crippen LogP contribution in [0.4, 0.5) is 0 Å². The molecule has 0 aliphatic carbocycles. The van der Waals surface area contributed by atoms with E-state index in [2.05, 4.69) is 46.9 Å². The van der Waals surface area contributed by atoms with Gasteiger partial charge in [0.25, 0.3) is 0 Å². The van der Waals surface area contributed by atoms with Crippen LogP contribution < -0.4 is 0 Å². The predicted octanol–water partition coefficient (Wildman–Crippen LogP) is 1.88. The van der Waals surface area contributed by atoms with Gasteiger partial charge in [-0.15, -0.1) is 0 Å². The van der Waals surface area contributed by atoms with Gasteiger partial charge in [0.05, 0.1) is 12.7 Å². The van der Waals surface area contributed by atoms with E-state index in [1.165, 1.54) is 9.13 Å². The first-order chi connectivity index (χ1) is 6.72. The summed E-state index contributed by atoms with van der Waals surface area (Å²) in [5, 5.41) is 17.7. The molecular weight excluding hydrogens is 311 g/mol. The summed E-state index contributed by atoms with van der Waals surface area (Å²) < 4.78 is 1.23. The molecule has 0 fully saturated rings. The summed E-state index contributed by atoms with van der Waals surface area (Å²) in [7, 11) is 0. The number of thioether (sulfide) groups is 1. The van der Waals surface area contributed by atoms with Crippen molar-refractivity contribution in [3.05, 3.63) is 33.4 Å². The Bertz CT molecular complexity index is 263. The summed E-state index contributed by atoms with van der Waals surface area (Å²) in [5.74, 6) is 1.47. The molecule has 0 aromatic heterocycles. The van der Waals surface area contributed by atoms with Crippen LogP contribution in [-0.2, 0) is 5.75 Å². The zero-order valence-corrected chi connectivity index (χ0v) is 10.7. The van der Waals surface area contributed by atoms with Crippen molar-refractivity contribution >= 4 is 34.4 Å². The first kappa shape index (κ1) is 12.3. The predicted molar refractivity (Wildman–Crippen MR) is 68.4 cm³/mol. The Morgan fingerprint density at radius 3 is 2.50 bits per heavy atom. The number of halogens is 1. The number of benzene rings is 1. The van der Waals surface area contributed by atoms with E-state index in [-0.39, 0.29) is 6.61 Å². The van der Waals surface area contributed by atoms with E-state index < -0.39 is 6.10 Å². The lowest BCUT2D eigenvalue weighted by Crippen LogP contribution is -2.14. The Hall–Kier alpha value is 0.220. The minimum atomic E-state index is -0.594. The normalized spacial score (nSPS) is 12.8. The van der Waals surface area contributed by atoms with Crippen molar-refractivity contribution < 1.29 is 10.2 Å². The maximum Gasteiger partial charge on any atom is 0.0861 e. The molecule has 0 spiro atoms. The molecule has 4 heteroatoms. The second-order valence-electron chi connectivity index (χ2n) is 2.98. The van der Waals surface area contributed by atoms with Crippen molar-refractivity contribution in [3.8, 4) is 0 Å². The highest BCUT2D eigenvalue weighted by atomic mass is 127.